The molecule has 1 rings (SSSR count). The largest absolute Gasteiger partial charge is 0.389 e. The zero-order valence-electron chi connectivity index (χ0n) is 8.97. The van der Waals surface area contributed by atoms with Gasteiger partial charge in [0.05, 0.1) is 0 Å². The zero-order valence-corrected chi connectivity index (χ0v) is 10.6. The Balaban J connectivity index is 2.89. The molecule has 0 atom stereocenters. The van der Waals surface area contributed by atoms with Crippen LogP contribution in [0.5, 0.6) is 0 Å². The fourth-order valence-electron chi connectivity index (χ4n) is 0.943. The number of nitrogens with two attached hydrogens (primary N) is 1. The van der Waals surface area contributed by atoms with Gasteiger partial charge in [0.2, 0.25) is 0 Å². The predicted octanol–water partition coefficient (Wildman–Crippen LogP) is 0.539. The van der Waals surface area contributed by atoms with Crippen molar-refractivity contribution in [3.8, 4) is 0 Å². The Bertz CT molecular complexity index is 480. The van der Waals surface area contributed by atoms with Crippen molar-refractivity contribution in [3.63, 3.8) is 0 Å². The predicted molar refractivity (Wildman–Crippen MR) is 68.6 cm³/mol. The van der Waals surface area contributed by atoms with Crippen molar-refractivity contribution in [2.24, 2.45) is 5.73 Å². The second kappa shape index (κ2) is 4.77. The highest BCUT2D eigenvalue weighted by Gasteiger charge is 2.12. The molecule has 0 saturated carbocycles. The smallest absolute Gasteiger partial charge is 0.301 e. The van der Waals surface area contributed by atoms with E-state index in [-0.39, 0.29) is 4.99 Å². The first-order valence-corrected chi connectivity index (χ1v) is 6.28. The van der Waals surface area contributed by atoms with E-state index in [4.69, 9.17) is 18.0 Å². The normalized spacial score (nSPS) is 11.4. The molecule has 1 aromatic carbocycles. The molecule has 5 nitrogen and oxygen atoms in total. The van der Waals surface area contributed by atoms with Crippen molar-refractivity contribution in [3.05, 3.63) is 29.8 Å². The van der Waals surface area contributed by atoms with E-state index in [1.54, 1.807) is 24.3 Å². The average Bonchev–Trinajstić information content (AvgIpc) is 2.17. The van der Waals surface area contributed by atoms with Crippen LogP contribution in [0.4, 0.5) is 5.69 Å². The first kappa shape index (κ1) is 12.9. The van der Waals surface area contributed by atoms with Gasteiger partial charge in [0.15, 0.2) is 0 Å². The van der Waals surface area contributed by atoms with Crippen LogP contribution >= 0.6 is 12.2 Å². The Morgan fingerprint density at radius 2 is 1.81 bits per heavy atom. The lowest BCUT2D eigenvalue weighted by Gasteiger charge is -2.13. The van der Waals surface area contributed by atoms with Crippen LogP contribution in [0.25, 0.3) is 0 Å². The molecule has 16 heavy (non-hydrogen) atoms. The number of hydrogen-bond donors (Lipinski definition) is 2. The zero-order chi connectivity index (χ0) is 12.3. The molecule has 88 valence electrons. The molecule has 0 fully saturated rings. The van der Waals surface area contributed by atoms with Gasteiger partial charge in [-0.2, -0.15) is 12.7 Å². The first-order valence-electron chi connectivity index (χ1n) is 4.43. The minimum atomic E-state index is -3.47. The van der Waals surface area contributed by atoms with Gasteiger partial charge in [0.25, 0.3) is 0 Å². The summed E-state index contributed by atoms with van der Waals surface area (Å²) in [5, 5.41) is 0. The van der Waals surface area contributed by atoms with Gasteiger partial charge in [-0.05, 0) is 24.3 Å². The quantitative estimate of drug-likeness (QED) is 0.774. The molecule has 0 amide bonds. The van der Waals surface area contributed by atoms with Crippen molar-refractivity contribution in [2.45, 2.75) is 0 Å². The summed E-state index contributed by atoms with van der Waals surface area (Å²) >= 11 is 4.79. The summed E-state index contributed by atoms with van der Waals surface area (Å²) in [5.74, 6) is 0. The second-order valence-electron chi connectivity index (χ2n) is 3.33. The molecule has 1 aromatic rings. The van der Waals surface area contributed by atoms with Gasteiger partial charge >= 0.3 is 10.2 Å². The minimum Gasteiger partial charge on any atom is -0.389 e. The highest BCUT2D eigenvalue weighted by Crippen LogP contribution is 2.11. The summed E-state index contributed by atoms with van der Waals surface area (Å²) in [6.45, 7) is 0. The van der Waals surface area contributed by atoms with Crippen LogP contribution in [0.1, 0.15) is 5.56 Å². The van der Waals surface area contributed by atoms with E-state index in [1.165, 1.54) is 14.1 Å². The third kappa shape index (κ3) is 3.16. The Morgan fingerprint density at radius 1 is 1.31 bits per heavy atom. The molecule has 0 aromatic heterocycles. The van der Waals surface area contributed by atoms with Crippen molar-refractivity contribution in [1.82, 2.24) is 4.31 Å². The summed E-state index contributed by atoms with van der Waals surface area (Å²) in [7, 11) is -0.565. The summed E-state index contributed by atoms with van der Waals surface area (Å²) in [6, 6.07) is 6.54. The molecule has 0 saturated heterocycles. The van der Waals surface area contributed by atoms with Gasteiger partial charge in [-0.1, -0.05) is 12.2 Å². The van der Waals surface area contributed by atoms with E-state index in [1.807, 2.05) is 0 Å². The van der Waals surface area contributed by atoms with E-state index < -0.39 is 10.2 Å². The number of anilines is 1. The van der Waals surface area contributed by atoms with Gasteiger partial charge in [0.1, 0.15) is 4.99 Å². The lowest BCUT2D eigenvalue weighted by atomic mass is 10.2. The molecule has 0 aliphatic heterocycles. The van der Waals surface area contributed by atoms with Crippen molar-refractivity contribution < 1.29 is 8.42 Å². The third-order valence-electron chi connectivity index (χ3n) is 1.90. The Hall–Kier alpha value is -1.18. The minimum absolute atomic E-state index is 0.280. The summed E-state index contributed by atoms with van der Waals surface area (Å²) < 4.78 is 26.5. The summed E-state index contributed by atoms with van der Waals surface area (Å²) in [6.07, 6.45) is 0. The third-order valence-corrected chi connectivity index (χ3v) is 3.59. The van der Waals surface area contributed by atoms with Crippen LogP contribution in [0.3, 0.4) is 0 Å². The summed E-state index contributed by atoms with van der Waals surface area (Å²) in [4.78, 5) is 0.280. The van der Waals surface area contributed by atoms with Crippen molar-refractivity contribution in [2.75, 3.05) is 18.8 Å². The van der Waals surface area contributed by atoms with Crippen LogP contribution in [0, 0.1) is 0 Å². The Morgan fingerprint density at radius 3 is 2.19 bits per heavy atom. The van der Waals surface area contributed by atoms with Crippen LogP contribution in [0.2, 0.25) is 0 Å². The molecule has 0 radical (unpaired) electrons. The molecule has 0 heterocycles. The van der Waals surface area contributed by atoms with Gasteiger partial charge in [0, 0.05) is 25.3 Å². The van der Waals surface area contributed by atoms with Crippen LogP contribution in [-0.4, -0.2) is 31.8 Å². The maximum absolute atomic E-state index is 11.5. The topological polar surface area (TPSA) is 75.4 Å². The SMILES string of the molecule is CN(C)S(=O)(=O)Nc1ccc(C(N)=S)cc1. The molecular weight excluding hydrogens is 246 g/mol. The van der Waals surface area contributed by atoms with Crippen LogP contribution in [-0.2, 0) is 10.2 Å². The van der Waals surface area contributed by atoms with E-state index in [0.29, 0.717) is 11.3 Å². The van der Waals surface area contributed by atoms with Crippen LogP contribution in [0.15, 0.2) is 24.3 Å². The maximum Gasteiger partial charge on any atom is 0.301 e. The number of thiocarbonyl (C=S) groups is 1. The number of nitrogens with zero attached hydrogens (tertiary/aromatic N) is 1. The number of benzene rings is 1. The lowest BCUT2D eigenvalue weighted by Crippen LogP contribution is -2.28. The van der Waals surface area contributed by atoms with Crippen molar-refractivity contribution >= 4 is 33.1 Å². The van der Waals surface area contributed by atoms with E-state index in [9.17, 15) is 8.42 Å². The lowest BCUT2D eigenvalue weighted by molar-refractivity contribution is 0.527. The molecule has 0 spiro atoms. The monoisotopic (exact) mass is 259 g/mol. The fourth-order valence-corrected chi connectivity index (χ4v) is 1.70. The number of rotatable bonds is 4. The fraction of sp³-hybridized carbons (Fsp3) is 0.222. The molecule has 0 aliphatic rings. The van der Waals surface area contributed by atoms with Crippen molar-refractivity contribution in [1.29, 1.82) is 0 Å². The average molecular weight is 259 g/mol. The van der Waals surface area contributed by atoms with E-state index in [2.05, 4.69) is 4.72 Å². The Kier molecular flexibility index (Phi) is 3.84. The number of nitrogens with one attached hydrogen (secondary N) is 1. The van der Waals surface area contributed by atoms with Gasteiger partial charge in [-0.15, -0.1) is 0 Å². The molecular formula is C9H13N3O2S2. The van der Waals surface area contributed by atoms with E-state index in [0.717, 1.165) is 4.31 Å². The molecule has 0 unspecified atom stereocenters. The number of hydrogen-bond acceptors (Lipinski definition) is 3. The van der Waals surface area contributed by atoms with E-state index >= 15 is 0 Å². The van der Waals surface area contributed by atoms with Crippen LogP contribution < -0.4 is 10.5 Å². The molecule has 0 bridgehead atoms. The first-order chi connectivity index (χ1) is 7.33. The Labute approximate surface area is 100 Å². The van der Waals surface area contributed by atoms with Gasteiger partial charge in [-0.25, -0.2) is 0 Å². The van der Waals surface area contributed by atoms with Gasteiger partial charge in [-0.3, -0.25) is 4.72 Å². The highest BCUT2D eigenvalue weighted by atomic mass is 32.2. The summed E-state index contributed by atoms with van der Waals surface area (Å²) in [5.41, 5.74) is 6.59. The molecule has 3 N–H and O–H groups in total. The molecule has 7 heteroatoms. The standard InChI is InChI=1S/C9H13N3O2S2/c1-12(2)16(13,14)11-8-5-3-7(4-6-8)9(10)15/h3-6,11H,1-2H3,(H2,10,15). The highest BCUT2D eigenvalue weighted by molar-refractivity contribution is 7.90. The van der Waals surface area contributed by atoms with Gasteiger partial charge < -0.3 is 5.73 Å². The second-order valence-corrected chi connectivity index (χ2v) is 5.66. The maximum atomic E-state index is 11.5. The molecule has 0 aliphatic carbocycles.